The lowest BCUT2D eigenvalue weighted by Gasteiger charge is -2.28. The Balaban J connectivity index is 2.94. The molecule has 0 bridgehead atoms. The number of hydrogen-bond acceptors (Lipinski definition) is 3. The van der Waals surface area contributed by atoms with Gasteiger partial charge in [0.2, 0.25) is 0 Å². The first-order valence-electron chi connectivity index (χ1n) is 6.30. The molecule has 102 valence electrons. The SMILES string of the molecule is CC(NC(=O)c1ccncc1C#CCN)C(C)(C)C. The van der Waals surface area contributed by atoms with Gasteiger partial charge in [0.1, 0.15) is 0 Å². The fraction of sp³-hybridized carbons (Fsp3) is 0.467. The van der Waals surface area contributed by atoms with E-state index in [0.29, 0.717) is 11.1 Å². The highest BCUT2D eigenvalue weighted by Crippen LogP contribution is 2.19. The Morgan fingerprint density at radius 3 is 2.79 bits per heavy atom. The standard InChI is InChI=1S/C15H21N3O/c1-11(15(2,3)4)18-14(19)13-7-9-17-10-12(13)6-5-8-16/h7,9-11H,8,16H2,1-4H3,(H,18,19). The Morgan fingerprint density at radius 2 is 2.21 bits per heavy atom. The van der Waals surface area contributed by atoms with Crippen molar-refractivity contribution in [1.82, 2.24) is 10.3 Å². The number of carbonyl (C=O) groups excluding carboxylic acids is 1. The zero-order valence-corrected chi connectivity index (χ0v) is 11.9. The molecule has 0 saturated heterocycles. The van der Waals surface area contributed by atoms with Crippen molar-refractivity contribution in [3.63, 3.8) is 0 Å². The molecular formula is C15H21N3O. The predicted octanol–water partition coefficient (Wildman–Crippen LogP) is 1.56. The Morgan fingerprint density at radius 1 is 1.53 bits per heavy atom. The van der Waals surface area contributed by atoms with Gasteiger partial charge in [-0.05, 0) is 18.4 Å². The number of aromatic nitrogens is 1. The van der Waals surface area contributed by atoms with Crippen LogP contribution in [0.25, 0.3) is 0 Å². The van der Waals surface area contributed by atoms with Crippen molar-refractivity contribution in [1.29, 1.82) is 0 Å². The van der Waals surface area contributed by atoms with Gasteiger partial charge in [-0.1, -0.05) is 32.6 Å². The summed E-state index contributed by atoms with van der Waals surface area (Å²) in [5, 5.41) is 2.99. The second-order valence-electron chi connectivity index (χ2n) is 5.49. The van der Waals surface area contributed by atoms with E-state index in [1.54, 1.807) is 18.5 Å². The number of rotatable bonds is 2. The molecule has 1 heterocycles. The molecule has 0 fully saturated rings. The Hall–Kier alpha value is -1.86. The number of nitrogens with zero attached hydrogens (tertiary/aromatic N) is 1. The van der Waals surface area contributed by atoms with Gasteiger partial charge in [-0.3, -0.25) is 9.78 Å². The smallest absolute Gasteiger partial charge is 0.252 e. The summed E-state index contributed by atoms with van der Waals surface area (Å²) in [6.45, 7) is 8.50. The number of nitrogens with two attached hydrogens (primary N) is 1. The van der Waals surface area contributed by atoms with Crippen LogP contribution in [0.4, 0.5) is 0 Å². The largest absolute Gasteiger partial charge is 0.349 e. The molecule has 3 N–H and O–H groups in total. The van der Waals surface area contributed by atoms with Crippen LogP contribution < -0.4 is 11.1 Å². The summed E-state index contributed by atoms with van der Waals surface area (Å²) in [7, 11) is 0. The lowest BCUT2D eigenvalue weighted by atomic mass is 9.88. The van der Waals surface area contributed by atoms with Gasteiger partial charge in [0, 0.05) is 18.4 Å². The van der Waals surface area contributed by atoms with Crippen LogP contribution in [0.5, 0.6) is 0 Å². The molecule has 1 aromatic rings. The Bertz CT molecular complexity index is 506. The van der Waals surface area contributed by atoms with Gasteiger partial charge in [-0.2, -0.15) is 0 Å². The summed E-state index contributed by atoms with van der Waals surface area (Å²) in [6, 6.07) is 1.73. The highest BCUT2D eigenvalue weighted by Gasteiger charge is 2.22. The summed E-state index contributed by atoms with van der Waals surface area (Å²) in [5.41, 5.74) is 6.49. The third-order valence-corrected chi connectivity index (χ3v) is 3.04. The molecule has 0 saturated carbocycles. The van der Waals surface area contributed by atoms with Crippen LogP contribution in [-0.2, 0) is 0 Å². The zero-order valence-electron chi connectivity index (χ0n) is 11.9. The van der Waals surface area contributed by atoms with E-state index in [4.69, 9.17) is 5.73 Å². The molecule has 0 radical (unpaired) electrons. The maximum Gasteiger partial charge on any atom is 0.252 e. The van der Waals surface area contributed by atoms with Gasteiger partial charge in [-0.15, -0.1) is 0 Å². The van der Waals surface area contributed by atoms with Gasteiger partial charge < -0.3 is 11.1 Å². The van der Waals surface area contributed by atoms with E-state index in [-0.39, 0.29) is 23.9 Å². The summed E-state index contributed by atoms with van der Waals surface area (Å²) < 4.78 is 0. The summed E-state index contributed by atoms with van der Waals surface area (Å²) >= 11 is 0. The lowest BCUT2D eigenvalue weighted by molar-refractivity contribution is 0.0910. The zero-order chi connectivity index (χ0) is 14.5. The number of carbonyl (C=O) groups is 1. The van der Waals surface area contributed by atoms with E-state index in [1.807, 2.05) is 6.92 Å². The second-order valence-corrected chi connectivity index (χ2v) is 5.49. The first-order valence-corrected chi connectivity index (χ1v) is 6.30. The average molecular weight is 259 g/mol. The predicted molar refractivity (Wildman–Crippen MR) is 76.6 cm³/mol. The summed E-state index contributed by atoms with van der Waals surface area (Å²) in [4.78, 5) is 16.2. The van der Waals surface area contributed by atoms with Gasteiger partial charge in [0.15, 0.2) is 0 Å². The minimum absolute atomic E-state index is 0.00574. The molecule has 0 aliphatic heterocycles. The Kier molecular flexibility index (Phi) is 5.08. The van der Waals surface area contributed by atoms with Crippen molar-refractivity contribution >= 4 is 5.91 Å². The fourth-order valence-corrected chi connectivity index (χ4v) is 1.33. The molecule has 4 nitrogen and oxygen atoms in total. The van der Waals surface area contributed by atoms with E-state index >= 15 is 0 Å². The van der Waals surface area contributed by atoms with Crippen molar-refractivity contribution in [3.8, 4) is 11.8 Å². The highest BCUT2D eigenvalue weighted by atomic mass is 16.1. The number of hydrogen-bond donors (Lipinski definition) is 2. The molecule has 1 rings (SSSR count). The van der Waals surface area contributed by atoms with Crippen LogP contribution in [0.15, 0.2) is 18.5 Å². The van der Waals surface area contributed by atoms with Crippen LogP contribution >= 0.6 is 0 Å². The molecule has 0 aromatic carbocycles. The van der Waals surface area contributed by atoms with Crippen molar-refractivity contribution in [2.45, 2.75) is 33.7 Å². The minimum atomic E-state index is -0.133. The maximum atomic E-state index is 12.2. The highest BCUT2D eigenvalue weighted by molar-refractivity contribution is 5.96. The first-order chi connectivity index (χ1) is 8.86. The molecule has 1 aromatic heterocycles. The maximum absolute atomic E-state index is 12.2. The quantitative estimate of drug-likeness (QED) is 0.792. The summed E-state index contributed by atoms with van der Waals surface area (Å²) in [6.07, 6.45) is 3.17. The summed E-state index contributed by atoms with van der Waals surface area (Å²) in [5.74, 6) is 5.48. The molecule has 1 amide bonds. The molecular weight excluding hydrogens is 238 g/mol. The molecule has 0 aliphatic carbocycles. The molecule has 1 unspecified atom stereocenters. The number of pyridine rings is 1. The van der Waals surface area contributed by atoms with E-state index in [0.717, 1.165) is 0 Å². The first kappa shape index (κ1) is 15.2. The number of amides is 1. The average Bonchev–Trinajstić information content (AvgIpc) is 2.35. The third kappa shape index (κ3) is 4.38. The van der Waals surface area contributed by atoms with E-state index in [9.17, 15) is 4.79 Å². The third-order valence-electron chi connectivity index (χ3n) is 3.04. The van der Waals surface area contributed by atoms with Crippen molar-refractivity contribution in [2.24, 2.45) is 11.1 Å². The van der Waals surface area contributed by atoms with Crippen molar-refractivity contribution < 1.29 is 4.79 Å². The fourth-order valence-electron chi connectivity index (χ4n) is 1.33. The van der Waals surface area contributed by atoms with E-state index in [2.05, 4.69) is 42.9 Å². The number of nitrogens with one attached hydrogen (secondary N) is 1. The van der Waals surface area contributed by atoms with Crippen molar-refractivity contribution in [3.05, 3.63) is 29.6 Å². The molecule has 0 spiro atoms. The van der Waals surface area contributed by atoms with E-state index < -0.39 is 0 Å². The second kappa shape index (κ2) is 6.35. The van der Waals surface area contributed by atoms with Gasteiger partial charge in [-0.25, -0.2) is 0 Å². The van der Waals surface area contributed by atoms with Crippen LogP contribution in [-0.4, -0.2) is 23.5 Å². The van der Waals surface area contributed by atoms with Crippen LogP contribution in [0.3, 0.4) is 0 Å². The molecule has 0 aliphatic rings. The van der Waals surface area contributed by atoms with Gasteiger partial charge >= 0.3 is 0 Å². The lowest BCUT2D eigenvalue weighted by Crippen LogP contribution is -2.41. The van der Waals surface area contributed by atoms with Gasteiger partial charge in [0.05, 0.1) is 17.7 Å². The van der Waals surface area contributed by atoms with Gasteiger partial charge in [0.25, 0.3) is 5.91 Å². The van der Waals surface area contributed by atoms with Crippen molar-refractivity contribution in [2.75, 3.05) is 6.54 Å². The topological polar surface area (TPSA) is 68.0 Å². The Labute approximate surface area is 114 Å². The normalized spacial score (nSPS) is 12.3. The van der Waals surface area contributed by atoms with Crippen LogP contribution in [0.1, 0.15) is 43.6 Å². The van der Waals surface area contributed by atoms with Crippen LogP contribution in [0, 0.1) is 17.3 Å². The minimum Gasteiger partial charge on any atom is -0.349 e. The molecule has 1 atom stereocenters. The van der Waals surface area contributed by atoms with E-state index in [1.165, 1.54) is 0 Å². The molecule has 4 heteroatoms. The monoisotopic (exact) mass is 259 g/mol. The molecule has 19 heavy (non-hydrogen) atoms. The van der Waals surface area contributed by atoms with Crippen LogP contribution in [0.2, 0.25) is 0 Å².